The van der Waals surface area contributed by atoms with Crippen LogP contribution in [-0.2, 0) is 0 Å². The molecule has 212 valence electrons. The molecule has 3 aromatic heterocycles. The van der Waals surface area contributed by atoms with E-state index in [0.717, 1.165) is 37.9 Å². The standard InChI is InChI=1S/C42H23N3S/c1-2-11-24(12-3-1)39-41-40(30-17-8-9-20-36(30)46-41)44-42(43-39)45-34-22-26-14-5-4-13-25(26)21-33(34)38-31-19-10-18-29-27-15-6-7-16-28(27)32(37(29)31)23-35(38)45/h1-23H. The molecule has 0 amide bonds. The maximum Gasteiger partial charge on any atom is 0.235 e. The van der Waals surface area contributed by atoms with Crippen molar-refractivity contribution in [3.63, 3.8) is 0 Å². The molecule has 3 heterocycles. The number of thiophene rings is 1. The first kappa shape index (κ1) is 24.5. The Morgan fingerprint density at radius 2 is 1.17 bits per heavy atom. The van der Waals surface area contributed by atoms with Gasteiger partial charge in [0.2, 0.25) is 5.95 Å². The normalized spacial score (nSPS) is 12.3. The first-order chi connectivity index (χ1) is 22.8. The molecule has 1 aliphatic carbocycles. The van der Waals surface area contributed by atoms with Crippen molar-refractivity contribution in [1.82, 2.24) is 14.5 Å². The van der Waals surface area contributed by atoms with Gasteiger partial charge in [0.05, 0.1) is 26.9 Å². The number of aromatic nitrogens is 3. The molecule has 0 aliphatic heterocycles. The fourth-order valence-corrected chi connectivity index (χ4v) is 8.90. The summed E-state index contributed by atoms with van der Waals surface area (Å²) in [7, 11) is 0. The van der Waals surface area contributed by atoms with E-state index in [9.17, 15) is 0 Å². The maximum absolute atomic E-state index is 5.44. The Labute approximate surface area is 267 Å². The van der Waals surface area contributed by atoms with Crippen LogP contribution >= 0.6 is 11.3 Å². The van der Waals surface area contributed by atoms with Gasteiger partial charge in [-0.3, -0.25) is 4.57 Å². The lowest BCUT2D eigenvalue weighted by molar-refractivity contribution is 1.02. The Balaban J connectivity index is 1.36. The summed E-state index contributed by atoms with van der Waals surface area (Å²) in [5, 5.41) is 8.65. The molecule has 0 atom stereocenters. The molecular weight excluding hydrogens is 579 g/mol. The first-order valence-corrected chi connectivity index (χ1v) is 16.4. The van der Waals surface area contributed by atoms with Crippen LogP contribution in [0.25, 0.3) is 103 Å². The smallest absolute Gasteiger partial charge is 0.235 e. The molecular formula is C42H23N3S. The minimum atomic E-state index is 0.694. The largest absolute Gasteiger partial charge is 0.278 e. The zero-order valence-electron chi connectivity index (χ0n) is 24.5. The number of hydrogen-bond acceptors (Lipinski definition) is 3. The summed E-state index contributed by atoms with van der Waals surface area (Å²) < 4.78 is 4.65. The van der Waals surface area contributed by atoms with Crippen LogP contribution in [0.4, 0.5) is 0 Å². The van der Waals surface area contributed by atoms with Crippen molar-refractivity contribution in [2.75, 3.05) is 0 Å². The van der Waals surface area contributed by atoms with Gasteiger partial charge in [-0.2, -0.15) is 0 Å². The summed E-state index contributed by atoms with van der Waals surface area (Å²) in [6.45, 7) is 0. The Kier molecular flexibility index (Phi) is 4.72. The average molecular weight is 602 g/mol. The van der Waals surface area contributed by atoms with Crippen molar-refractivity contribution in [3.8, 4) is 39.5 Å². The van der Waals surface area contributed by atoms with Gasteiger partial charge in [0.25, 0.3) is 0 Å². The highest BCUT2D eigenvalue weighted by atomic mass is 32.1. The third kappa shape index (κ3) is 3.16. The zero-order valence-corrected chi connectivity index (χ0v) is 25.3. The molecule has 1 aliphatic rings. The Morgan fingerprint density at radius 1 is 0.478 bits per heavy atom. The molecule has 7 aromatic carbocycles. The van der Waals surface area contributed by atoms with Gasteiger partial charge in [-0.15, -0.1) is 11.3 Å². The van der Waals surface area contributed by atoms with Crippen molar-refractivity contribution in [3.05, 3.63) is 140 Å². The maximum atomic E-state index is 5.44. The number of nitrogens with zero attached hydrogens (tertiary/aromatic N) is 3. The van der Waals surface area contributed by atoms with Crippen molar-refractivity contribution in [1.29, 1.82) is 0 Å². The molecule has 0 bridgehead atoms. The van der Waals surface area contributed by atoms with Gasteiger partial charge in [0.1, 0.15) is 0 Å². The monoisotopic (exact) mass is 601 g/mol. The quantitative estimate of drug-likeness (QED) is 0.197. The minimum Gasteiger partial charge on any atom is -0.278 e. The third-order valence-electron chi connectivity index (χ3n) is 9.72. The van der Waals surface area contributed by atoms with E-state index < -0.39 is 0 Å². The van der Waals surface area contributed by atoms with E-state index in [1.165, 1.54) is 59.3 Å². The third-order valence-corrected chi connectivity index (χ3v) is 10.9. The summed E-state index contributed by atoms with van der Waals surface area (Å²) >= 11 is 1.77. The minimum absolute atomic E-state index is 0.694. The second-order valence-electron chi connectivity index (χ2n) is 12.2. The molecule has 10 aromatic rings. The number of benzene rings is 7. The molecule has 0 fully saturated rings. The molecule has 4 heteroatoms. The van der Waals surface area contributed by atoms with E-state index in [-0.39, 0.29) is 0 Å². The van der Waals surface area contributed by atoms with Crippen LogP contribution in [0.5, 0.6) is 0 Å². The molecule has 0 saturated carbocycles. The van der Waals surface area contributed by atoms with E-state index in [4.69, 9.17) is 9.97 Å². The molecule has 0 unspecified atom stereocenters. The van der Waals surface area contributed by atoms with Crippen molar-refractivity contribution >= 4 is 75.0 Å². The Morgan fingerprint density at radius 3 is 2.04 bits per heavy atom. The molecule has 0 saturated heterocycles. The van der Waals surface area contributed by atoms with Gasteiger partial charge in [0, 0.05) is 26.4 Å². The summed E-state index contributed by atoms with van der Waals surface area (Å²) in [4.78, 5) is 10.9. The Bertz CT molecular complexity index is 2910. The van der Waals surface area contributed by atoms with E-state index >= 15 is 0 Å². The number of hydrogen-bond donors (Lipinski definition) is 0. The van der Waals surface area contributed by atoms with E-state index in [2.05, 4.69) is 144 Å². The van der Waals surface area contributed by atoms with Crippen LogP contribution in [-0.4, -0.2) is 14.5 Å². The fraction of sp³-hybridized carbons (Fsp3) is 0. The van der Waals surface area contributed by atoms with Crippen LogP contribution in [0.3, 0.4) is 0 Å². The van der Waals surface area contributed by atoms with Crippen LogP contribution in [0.15, 0.2) is 140 Å². The average Bonchev–Trinajstić information content (AvgIpc) is 3.76. The molecule has 3 nitrogen and oxygen atoms in total. The van der Waals surface area contributed by atoms with Crippen LogP contribution in [0.1, 0.15) is 0 Å². The predicted molar refractivity (Wildman–Crippen MR) is 194 cm³/mol. The predicted octanol–water partition coefficient (Wildman–Crippen LogP) is 11.6. The van der Waals surface area contributed by atoms with E-state index in [0.29, 0.717) is 5.95 Å². The van der Waals surface area contributed by atoms with E-state index in [1.807, 2.05) is 0 Å². The van der Waals surface area contributed by atoms with Gasteiger partial charge < -0.3 is 0 Å². The van der Waals surface area contributed by atoms with Crippen LogP contribution in [0, 0.1) is 0 Å². The summed E-state index contributed by atoms with van der Waals surface area (Å²) in [5.41, 5.74) is 10.5. The molecule has 11 rings (SSSR count). The number of rotatable bonds is 2. The van der Waals surface area contributed by atoms with Gasteiger partial charge in [-0.1, -0.05) is 115 Å². The topological polar surface area (TPSA) is 30.7 Å². The second-order valence-corrected chi connectivity index (χ2v) is 13.2. The highest BCUT2D eigenvalue weighted by molar-refractivity contribution is 7.26. The molecule has 0 radical (unpaired) electrons. The van der Waals surface area contributed by atoms with Gasteiger partial charge >= 0.3 is 0 Å². The summed E-state index contributed by atoms with van der Waals surface area (Å²) in [6, 6.07) is 50.4. The number of fused-ring (bicyclic) bond motifs is 11. The van der Waals surface area contributed by atoms with Gasteiger partial charge in [-0.05, 0) is 68.1 Å². The van der Waals surface area contributed by atoms with Crippen molar-refractivity contribution in [2.45, 2.75) is 0 Å². The highest BCUT2D eigenvalue weighted by Crippen LogP contribution is 2.51. The van der Waals surface area contributed by atoms with Gasteiger partial charge in [0.15, 0.2) is 0 Å². The Hall–Kier alpha value is -5.84. The van der Waals surface area contributed by atoms with Crippen molar-refractivity contribution < 1.29 is 0 Å². The van der Waals surface area contributed by atoms with Crippen molar-refractivity contribution in [2.24, 2.45) is 0 Å². The lowest BCUT2D eigenvalue weighted by Gasteiger charge is -2.11. The summed E-state index contributed by atoms with van der Waals surface area (Å²) in [6.07, 6.45) is 0. The summed E-state index contributed by atoms with van der Waals surface area (Å²) in [5.74, 6) is 0.694. The second kappa shape index (κ2) is 8.87. The lowest BCUT2D eigenvalue weighted by Crippen LogP contribution is -2.03. The lowest BCUT2D eigenvalue weighted by atomic mass is 9.97. The van der Waals surface area contributed by atoms with E-state index in [1.54, 1.807) is 11.3 Å². The van der Waals surface area contributed by atoms with Crippen LogP contribution < -0.4 is 0 Å². The highest BCUT2D eigenvalue weighted by Gasteiger charge is 2.27. The fourth-order valence-electron chi connectivity index (χ4n) is 7.75. The zero-order chi connectivity index (χ0) is 29.9. The molecule has 0 N–H and O–H groups in total. The first-order valence-electron chi connectivity index (χ1n) is 15.6. The molecule has 46 heavy (non-hydrogen) atoms. The van der Waals surface area contributed by atoms with Gasteiger partial charge in [-0.25, -0.2) is 9.97 Å². The molecule has 0 spiro atoms. The SMILES string of the molecule is c1ccc(-c2nc(-n3c4cc5ccccc5cc4c4c5cccc6c5c(cc43)-c3ccccc3-6)nc3c2sc2ccccc23)cc1. The van der Waals surface area contributed by atoms with Crippen LogP contribution in [0.2, 0.25) is 0 Å².